The van der Waals surface area contributed by atoms with Crippen molar-refractivity contribution in [3.63, 3.8) is 0 Å². The molecule has 4 heteroatoms. The summed E-state index contributed by atoms with van der Waals surface area (Å²) in [6.45, 7) is 6.87. The van der Waals surface area contributed by atoms with Crippen LogP contribution in [-0.4, -0.2) is 30.0 Å². The molecule has 0 radical (unpaired) electrons. The number of nitrogens with one attached hydrogen (secondary N) is 1. The van der Waals surface area contributed by atoms with E-state index in [-0.39, 0.29) is 0 Å². The average Bonchev–Trinajstić information content (AvgIpc) is 3.16. The lowest BCUT2D eigenvalue weighted by Crippen LogP contribution is -2.23. The molecule has 1 saturated heterocycles. The van der Waals surface area contributed by atoms with Gasteiger partial charge < -0.3 is 5.32 Å². The van der Waals surface area contributed by atoms with Crippen molar-refractivity contribution < 1.29 is 0 Å². The van der Waals surface area contributed by atoms with E-state index < -0.39 is 0 Å². The first-order valence-corrected chi connectivity index (χ1v) is 8.50. The van der Waals surface area contributed by atoms with E-state index in [0.717, 1.165) is 10.8 Å². The predicted octanol–water partition coefficient (Wildman–Crippen LogP) is 4.32. The number of thiazole rings is 1. The fourth-order valence-corrected chi connectivity index (χ4v) is 3.97. The molecule has 1 fully saturated rings. The van der Waals surface area contributed by atoms with Gasteiger partial charge in [-0.25, -0.2) is 4.98 Å². The van der Waals surface area contributed by atoms with Crippen LogP contribution < -0.4 is 5.32 Å². The molecule has 21 heavy (non-hydrogen) atoms. The van der Waals surface area contributed by atoms with E-state index in [1.807, 2.05) is 7.05 Å². The molecule has 3 nitrogen and oxygen atoms in total. The van der Waals surface area contributed by atoms with Crippen LogP contribution in [0.2, 0.25) is 0 Å². The van der Waals surface area contributed by atoms with Gasteiger partial charge in [-0.1, -0.05) is 29.5 Å². The minimum Gasteiger partial charge on any atom is -0.365 e. The third kappa shape index (κ3) is 2.97. The van der Waals surface area contributed by atoms with Crippen molar-refractivity contribution in [2.75, 3.05) is 25.5 Å². The van der Waals surface area contributed by atoms with Gasteiger partial charge >= 0.3 is 0 Å². The zero-order valence-corrected chi connectivity index (χ0v) is 13.8. The molecule has 1 aliphatic rings. The summed E-state index contributed by atoms with van der Waals surface area (Å²) in [6.07, 6.45) is 2.67. The topological polar surface area (TPSA) is 28.2 Å². The molecule has 0 amide bonds. The molecule has 1 atom stereocenters. The molecule has 1 aliphatic heterocycles. The number of hydrogen-bond acceptors (Lipinski definition) is 4. The van der Waals surface area contributed by atoms with Crippen LogP contribution in [0.15, 0.2) is 24.3 Å². The van der Waals surface area contributed by atoms with E-state index in [2.05, 4.69) is 53.3 Å². The summed E-state index contributed by atoms with van der Waals surface area (Å²) in [6, 6.07) is 9.46. The predicted molar refractivity (Wildman–Crippen MR) is 91.1 cm³/mol. The van der Waals surface area contributed by atoms with E-state index >= 15 is 0 Å². The van der Waals surface area contributed by atoms with Gasteiger partial charge in [0.15, 0.2) is 5.13 Å². The number of benzene rings is 1. The second-order valence-electron chi connectivity index (χ2n) is 5.73. The van der Waals surface area contributed by atoms with Gasteiger partial charge in [0.25, 0.3) is 0 Å². The third-order valence-electron chi connectivity index (χ3n) is 4.33. The minimum atomic E-state index is 0.504. The Kier molecular flexibility index (Phi) is 4.27. The van der Waals surface area contributed by atoms with Gasteiger partial charge in [-0.15, -0.1) is 0 Å². The number of anilines is 1. The molecular weight excluding hydrogens is 278 g/mol. The molecule has 1 N–H and O–H groups in total. The Bertz CT molecular complexity index is 614. The summed E-state index contributed by atoms with van der Waals surface area (Å²) in [5.41, 5.74) is 3.80. The van der Waals surface area contributed by atoms with Crippen LogP contribution >= 0.6 is 11.3 Å². The maximum Gasteiger partial charge on any atom is 0.183 e. The van der Waals surface area contributed by atoms with E-state index in [1.54, 1.807) is 11.3 Å². The van der Waals surface area contributed by atoms with Gasteiger partial charge in [-0.3, -0.25) is 4.90 Å². The van der Waals surface area contributed by atoms with Gasteiger partial charge in [-0.05, 0) is 57.0 Å². The normalized spacial score (nSPS) is 17.1. The summed E-state index contributed by atoms with van der Waals surface area (Å²) >= 11 is 1.73. The SMILES string of the molecule is CNc1nc(C)c(-c2cccc([C@@H](C)N3CCCC3)c2)s1. The molecule has 0 unspecified atom stereocenters. The lowest BCUT2D eigenvalue weighted by Gasteiger charge is -2.24. The van der Waals surface area contributed by atoms with Crippen LogP contribution in [0, 0.1) is 6.92 Å². The largest absolute Gasteiger partial charge is 0.365 e. The van der Waals surface area contributed by atoms with E-state index in [9.17, 15) is 0 Å². The molecule has 1 aromatic carbocycles. The fourth-order valence-electron chi connectivity index (χ4n) is 3.05. The molecule has 2 heterocycles. The van der Waals surface area contributed by atoms with Crippen molar-refractivity contribution in [3.05, 3.63) is 35.5 Å². The summed E-state index contributed by atoms with van der Waals surface area (Å²) in [5, 5.41) is 4.13. The lowest BCUT2D eigenvalue weighted by molar-refractivity contribution is 0.263. The highest BCUT2D eigenvalue weighted by Gasteiger charge is 2.20. The van der Waals surface area contributed by atoms with E-state index in [1.165, 1.54) is 41.9 Å². The molecule has 0 aliphatic carbocycles. The number of nitrogens with zero attached hydrogens (tertiary/aromatic N) is 2. The Morgan fingerprint density at radius 1 is 1.29 bits per heavy atom. The summed E-state index contributed by atoms with van der Waals surface area (Å²) in [7, 11) is 1.92. The number of likely N-dealkylation sites (tertiary alicyclic amines) is 1. The van der Waals surface area contributed by atoms with Gasteiger partial charge in [0.2, 0.25) is 0 Å². The maximum atomic E-state index is 4.55. The molecule has 0 saturated carbocycles. The first-order valence-electron chi connectivity index (χ1n) is 7.68. The van der Waals surface area contributed by atoms with Crippen molar-refractivity contribution in [1.29, 1.82) is 0 Å². The Morgan fingerprint density at radius 2 is 2.05 bits per heavy atom. The molecular formula is C17H23N3S. The molecule has 2 aromatic rings. The number of rotatable bonds is 4. The van der Waals surface area contributed by atoms with Crippen LogP contribution in [0.1, 0.15) is 37.1 Å². The van der Waals surface area contributed by atoms with Gasteiger partial charge in [-0.2, -0.15) is 0 Å². The monoisotopic (exact) mass is 301 g/mol. The number of aromatic nitrogens is 1. The van der Waals surface area contributed by atoms with Crippen molar-refractivity contribution in [2.24, 2.45) is 0 Å². The fraction of sp³-hybridized carbons (Fsp3) is 0.471. The van der Waals surface area contributed by atoms with Crippen LogP contribution in [0.25, 0.3) is 10.4 Å². The van der Waals surface area contributed by atoms with Crippen molar-refractivity contribution in [1.82, 2.24) is 9.88 Å². The quantitative estimate of drug-likeness (QED) is 0.911. The Morgan fingerprint density at radius 3 is 2.71 bits per heavy atom. The summed E-state index contributed by atoms with van der Waals surface area (Å²) < 4.78 is 0. The number of hydrogen-bond donors (Lipinski definition) is 1. The van der Waals surface area contributed by atoms with Gasteiger partial charge in [0.1, 0.15) is 0 Å². The van der Waals surface area contributed by atoms with Crippen LogP contribution in [0.5, 0.6) is 0 Å². The molecule has 3 rings (SSSR count). The Hall–Kier alpha value is -1.39. The standard InChI is InChI=1S/C17H23N3S/c1-12-16(21-17(18-3)19-12)15-8-6-7-14(11-15)13(2)20-9-4-5-10-20/h6-8,11,13H,4-5,9-10H2,1-3H3,(H,18,19)/t13-/m1/s1. The zero-order chi connectivity index (χ0) is 14.8. The highest BCUT2D eigenvalue weighted by molar-refractivity contribution is 7.19. The van der Waals surface area contributed by atoms with Crippen molar-refractivity contribution in [3.8, 4) is 10.4 Å². The Labute approximate surface area is 131 Å². The smallest absolute Gasteiger partial charge is 0.183 e. The maximum absolute atomic E-state index is 4.55. The summed E-state index contributed by atoms with van der Waals surface area (Å²) in [5.74, 6) is 0. The molecule has 0 spiro atoms. The van der Waals surface area contributed by atoms with Crippen molar-refractivity contribution in [2.45, 2.75) is 32.7 Å². The van der Waals surface area contributed by atoms with Crippen LogP contribution in [0.4, 0.5) is 5.13 Å². The van der Waals surface area contributed by atoms with Crippen LogP contribution in [-0.2, 0) is 0 Å². The lowest BCUT2D eigenvalue weighted by atomic mass is 10.0. The van der Waals surface area contributed by atoms with Crippen molar-refractivity contribution >= 4 is 16.5 Å². The summed E-state index contributed by atoms with van der Waals surface area (Å²) in [4.78, 5) is 8.41. The first-order chi connectivity index (χ1) is 10.2. The van der Waals surface area contributed by atoms with Crippen LogP contribution in [0.3, 0.4) is 0 Å². The van der Waals surface area contributed by atoms with E-state index in [4.69, 9.17) is 0 Å². The molecule has 0 bridgehead atoms. The zero-order valence-electron chi connectivity index (χ0n) is 13.0. The third-order valence-corrected chi connectivity index (χ3v) is 5.55. The van der Waals surface area contributed by atoms with Gasteiger partial charge in [0, 0.05) is 13.1 Å². The number of aryl methyl sites for hydroxylation is 1. The highest BCUT2D eigenvalue weighted by Crippen LogP contribution is 2.34. The highest BCUT2D eigenvalue weighted by atomic mass is 32.1. The Balaban J connectivity index is 1.90. The first kappa shape index (κ1) is 14.5. The average molecular weight is 301 g/mol. The van der Waals surface area contributed by atoms with E-state index in [0.29, 0.717) is 6.04 Å². The molecule has 112 valence electrons. The molecule has 1 aromatic heterocycles. The second kappa shape index (κ2) is 6.16. The minimum absolute atomic E-state index is 0.504. The second-order valence-corrected chi connectivity index (χ2v) is 6.73. The van der Waals surface area contributed by atoms with Gasteiger partial charge in [0.05, 0.1) is 10.6 Å².